The number of imidazole rings is 1. The molecule has 2 aromatic rings. The van der Waals surface area contributed by atoms with Gasteiger partial charge >= 0.3 is 0 Å². The number of hydrogen-bond donors (Lipinski definition) is 0. The largest absolute Gasteiger partial charge is 0.487 e. The first-order chi connectivity index (χ1) is 13.5. The predicted molar refractivity (Wildman–Crippen MR) is 103 cm³/mol. The first-order valence-electron chi connectivity index (χ1n) is 9.94. The molecule has 1 unspecified atom stereocenters. The van der Waals surface area contributed by atoms with Gasteiger partial charge in [-0.25, -0.2) is 17.8 Å². The number of aromatic nitrogens is 2. The third-order valence-corrected chi connectivity index (χ3v) is 7.51. The summed E-state index contributed by atoms with van der Waals surface area (Å²) in [6.07, 6.45) is 11.2. The van der Waals surface area contributed by atoms with Crippen LogP contribution in [0.4, 0.5) is 4.39 Å². The third-order valence-electron chi connectivity index (χ3n) is 5.65. The number of hydrogen-bond acceptors (Lipinski definition) is 4. The summed E-state index contributed by atoms with van der Waals surface area (Å²) in [6.45, 7) is 1.63. The van der Waals surface area contributed by atoms with Crippen LogP contribution in [0.2, 0.25) is 0 Å². The summed E-state index contributed by atoms with van der Waals surface area (Å²) in [4.78, 5) is 4.03. The van der Waals surface area contributed by atoms with Crippen molar-refractivity contribution >= 4 is 10.0 Å². The lowest BCUT2D eigenvalue weighted by atomic mass is 10.00. The van der Waals surface area contributed by atoms with Gasteiger partial charge in [-0.15, -0.1) is 0 Å². The molecule has 2 aliphatic rings. The average molecular weight is 408 g/mol. The molecule has 0 amide bonds. The molecule has 8 heteroatoms. The Balaban J connectivity index is 1.46. The highest BCUT2D eigenvalue weighted by Gasteiger charge is 2.31. The van der Waals surface area contributed by atoms with Crippen LogP contribution in [0.15, 0.2) is 41.8 Å². The van der Waals surface area contributed by atoms with Crippen LogP contribution in [0.1, 0.15) is 38.5 Å². The Hall–Kier alpha value is -1.93. The highest BCUT2D eigenvalue weighted by atomic mass is 32.2. The van der Waals surface area contributed by atoms with E-state index >= 15 is 0 Å². The van der Waals surface area contributed by atoms with Crippen molar-refractivity contribution in [3.8, 4) is 5.75 Å². The summed E-state index contributed by atoms with van der Waals surface area (Å²) >= 11 is 0. The maximum Gasteiger partial charge on any atom is 0.243 e. The minimum atomic E-state index is -3.73. The van der Waals surface area contributed by atoms with Gasteiger partial charge in [0.25, 0.3) is 0 Å². The zero-order chi connectivity index (χ0) is 19.6. The van der Waals surface area contributed by atoms with E-state index in [1.165, 1.54) is 16.4 Å². The fourth-order valence-electron chi connectivity index (χ4n) is 4.16. The van der Waals surface area contributed by atoms with Crippen LogP contribution < -0.4 is 4.74 Å². The highest BCUT2D eigenvalue weighted by molar-refractivity contribution is 7.89. The SMILES string of the molecule is O=S(=O)(c1ccc(OC2CCCC2)c(F)c1)N1CCCC(Cn2ccnc2)C1. The lowest BCUT2D eigenvalue weighted by Gasteiger charge is -2.32. The molecule has 1 aromatic carbocycles. The molecule has 0 N–H and O–H groups in total. The molecule has 1 saturated heterocycles. The van der Waals surface area contributed by atoms with Crippen LogP contribution in [-0.4, -0.2) is 41.5 Å². The number of ether oxygens (including phenoxy) is 1. The zero-order valence-corrected chi connectivity index (χ0v) is 16.7. The monoisotopic (exact) mass is 407 g/mol. The van der Waals surface area contributed by atoms with E-state index in [0.29, 0.717) is 13.1 Å². The summed E-state index contributed by atoms with van der Waals surface area (Å²) in [5.41, 5.74) is 0. The lowest BCUT2D eigenvalue weighted by Crippen LogP contribution is -2.41. The molecule has 28 heavy (non-hydrogen) atoms. The minimum Gasteiger partial charge on any atom is -0.487 e. The average Bonchev–Trinajstić information content (AvgIpc) is 3.38. The smallest absolute Gasteiger partial charge is 0.243 e. The Morgan fingerprint density at radius 3 is 2.71 bits per heavy atom. The second-order valence-electron chi connectivity index (χ2n) is 7.75. The quantitative estimate of drug-likeness (QED) is 0.736. The molecular weight excluding hydrogens is 381 g/mol. The lowest BCUT2D eigenvalue weighted by molar-refractivity contribution is 0.200. The highest BCUT2D eigenvalue weighted by Crippen LogP contribution is 2.30. The van der Waals surface area contributed by atoms with E-state index in [4.69, 9.17) is 4.74 Å². The van der Waals surface area contributed by atoms with Crippen molar-refractivity contribution in [2.75, 3.05) is 13.1 Å². The van der Waals surface area contributed by atoms with Crippen molar-refractivity contribution in [1.29, 1.82) is 0 Å². The number of sulfonamides is 1. The van der Waals surface area contributed by atoms with E-state index in [1.54, 1.807) is 12.5 Å². The Kier molecular flexibility index (Phi) is 5.68. The summed E-state index contributed by atoms with van der Waals surface area (Å²) in [6, 6.07) is 4.01. The Morgan fingerprint density at radius 1 is 1.18 bits per heavy atom. The van der Waals surface area contributed by atoms with E-state index in [0.717, 1.165) is 51.1 Å². The number of rotatable bonds is 6. The van der Waals surface area contributed by atoms with Crippen molar-refractivity contribution in [2.24, 2.45) is 5.92 Å². The number of nitrogens with zero attached hydrogens (tertiary/aromatic N) is 3. The normalized spacial score (nSPS) is 21.8. The third kappa shape index (κ3) is 4.22. The molecule has 2 fully saturated rings. The van der Waals surface area contributed by atoms with E-state index in [-0.39, 0.29) is 22.7 Å². The van der Waals surface area contributed by atoms with Crippen LogP contribution in [0, 0.1) is 11.7 Å². The van der Waals surface area contributed by atoms with Gasteiger partial charge in [0.2, 0.25) is 10.0 Å². The van der Waals surface area contributed by atoms with Crippen molar-refractivity contribution in [3.63, 3.8) is 0 Å². The number of benzene rings is 1. The van der Waals surface area contributed by atoms with Crippen LogP contribution in [0.5, 0.6) is 5.75 Å². The van der Waals surface area contributed by atoms with Crippen molar-refractivity contribution in [1.82, 2.24) is 13.9 Å². The summed E-state index contributed by atoms with van der Waals surface area (Å²) in [7, 11) is -3.73. The maximum atomic E-state index is 14.5. The van der Waals surface area contributed by atoms with E-state index in [2.05, 4.69) is 4.98 Å². The first-order valence-corrected chi connectivity index (χ1v) is 11.4. The fraction of sp³-hybridized carbons (Fsp3) is 0.550. The topological polar surface area (TPSA) is 64.4 Å². The van der Waals surface area contributed by atoms with Crippen molar-refractivity contribution in [2.45, 2.75) is 56.1 Å². The molecule has 2 heterocycles. The predicted octanol–water partition coefficient (Wildman–Crippen LogP) is 3.44. The molecule has 6 nitrogen and oxygen atoms in total. The van der Waals surface area contributed by atoms with Crippen LogP contribution >= 0.6 is 0 Å². The van der Waals surface area contributed by atoms with Gasteiger partial charge in [0.15, 0.2) is 11.6 Å². The van der Waals surface area contributed by atoms with E-state index in [1.807, 2.05) is 10.8 Å². The van der Waals surface area contributed by atoms with Gasteiger partial charge in [0.1, 0.15) is 0 Å². The molecule has 152 valence electrons. The van der Waals surface area contributed by atoms with Gasteiger partial charge in [0.05, 0.1) is 17.3 Å². The molecule has 0 spiro atoms. The van der Waals surface area contributed by atoms with Gasteiger partial charge in [0, 0.05) is 32.0 Å². The number of halogens is 1. The van der Waals surface area contributed by atoms with Gasteiger partial charge in [-0.1, -0.05) is 0 Å². The van der Waals surface area contributed by atoms with Gasteiger partial charge in [-0.05, 0) is 62.6 Å². The first kappa shape index (κ1) is 19.4. The molecule has 0 radical (unpaired) electrons. The van der Waals surface area contributed by atoms with Crippen molar-refractivity contribution < 1.29 is 17.5 Å². The molecule has 1 aromatic heterocycles. The molecule has 1 saturated carbocycles. The summed E-state index contributed by atoms with van der Waals surface area (Å²) in [5.74, 6) is -0.255. The minimum absolute atomic E-state index is 0.00736. The van der Waals surface area contributed by atoms with Gasteiger partial charge < -0.3 is 9.30 Å². The van der Waals surface area contributed by atoms with E-state index < -0.39 is 15.8 Å². The van der Waals surface area contributed by atoms with Gasteiger partial charge in [-0.3, -0.25) is 0 Å². The summed E-state index contributed by atoms with van der Waals surface area (Å²) < 4.78 is 49.7. The van der Waals surface area contributed by atoms with E-state index in [9.17, 15) is 12.8 Å². The summed E-state index contributed by atoms with van der Waals surface area (Å²) in [5, 5.41) is 0. The maximum absolute atomic E-state index is 14.5. The Labute approximate surface area is 165 Å². The van der Waals surface area contributed by atoms with Crippen LogP contribution in [-0.2, 0) is 16.6 Å². The second-order valence-corrected chi connectivity index (χ2v) is 9.69. The second kappa shape index (κ2) is 8.21. The molecule has 1 aliphatic carbocycles. The van der Waals surface area contributed by atoms with Crippen LogP contribution in [0.3, 0.4) is 0 Å². The molecule has 1 aliphatic heterocycles. The van der Waals surface area contributed by atoms with Gasteiger partial charge in [-0.2, -0.15) is 4.31 Å². The van der Waals surface area contributed by atoms with Crippen molar-refractivity contribution in [3.05, 3.63) is 42.7 Å². The zero-order valence-electron chi connectivity index (χ0n) is 15.8. The van der Waals surface area contributed by atoms with Crippen LogP contribution in [0.25, 0.3) is 0 Å². The molecule has 0 bridgehead atoms. The standard InChI is InChI=1S/C20H26FN3O3S/c21-19-12-18(7-8-20(19)27-17-5-1-2-6-17)28(25,26)24-10-3-4-16(14-24)13-23-11-9-22-15-23/h7-9,11-12,15-17H,1-6,10,13-14H2. The Bertz CT molecular complexity index is 895. The number of piperidine rings is 1. The molecule has 1 atom stereocenters. The molecular formula is C20H26FN3O3S. The Morgan fingerprint density at radius 2 is 2.00 bits per heavy atom. The molecule has 4 rings (SSSR count). The fourth-order valence-corrected chi connectivity index (χ4v) is 5.73.